The molecule has 1 aliphatic rings. The van der Waals surface area contributed by atoms with Gasteiger partial charge >= 0.3 is 5.97 Å². The van der Waals surface area contributed by atoms with Crippen molar-refractivity contribution in [1.82, 2.24) is 14.5 Å². The van der Waals surface area contributed by atoms with Crippen molar-refractivity contribution in [2.24, 2.45) is 4.99 Å². The number of aryl methyl sites for hydroxylation is 1. The minimum Gasteiger partial charge on any atom is -0.496 e. The molecule has 1 atom stereocenters. The SMILES string of the molecule is CCOC(=O)C1=C(C)N=c2s/c(=C/c3ccc(Sc4nc(C)cc(=O)[nH]4)o3)c(=O)n2[C@@H]1c1c(OC)ccc2ccccc12. The number of furan rings is 1. The Labute approximate surface area is 253 Å². The van der Waals surface area contributed by atoms with E-state index in [1.165, 1.54) is 33.7 Å². The van der Waals surface area contributed by atoms with Crippen LogP contribution in [0.3, 0.4) is 0 Å². The van der Waals surface area contributed by atoms with Crippen molar-refractivity contribution in [3.63, 3.8) is 0 Å². The van der Waals surface area contributed by atoms with Crippen LogP contribution in [0.4, 0.5) is 0 Å². The molecule has 218 valence electrons. The van der Waals surface area contributed by atoms with Gasteiger partial charge in [0.1, 0.15) is 17.6 Å². The van der Waals surface area contributed by atoms with E-state index >= 15 is 0 Å². The van der Waals surface area contributed by atoms with Crippen LogP contribution in [0.2, 0.25) is 0 Å². The quantitative estimate of drug-likeness (QED) is 0.214. The number of esters is 1. The number of carbonyl (C=O) groups excluding carboxylic acids is 1. The van der Waals surface area contributed by atoms with Crippen molar-refractivity contribution in [2.45, 2.75) is 37.1 Å². The van der Waals surface area contributed by atoms with E-state index < -0.39 is 12.0 Å². The van der Waals surface area contributed by atoms with E-state index in [2.05, 4.69) is 15.0 Å². The number of fused-ring (bicyclic) bond motifs is 2. The molecule has 10 nitrogen and oxygen atoms in total. The Kier molecular flexibility index (Phi) is 7.63. The average Bonchev–Trinajstić information content (AvgIpc) is 3.54. The number of carbonyl (C=O) groups is 1. The van der Waals surface area contributed by atoms with Gasteiger partial charge in [0.15, 0.2) is 15.1 Å². The van der Waals surface area contributed by atoms with Gasteiger partial charge in [-0.05, 0) is 61.5 Å². The number of allylic oxidation sites excluding steroid dienone is 1. The molecule has 12 heteroatoms. The summed E-state index contributed by atoms with van der Waals surface area (Å²) in [6.07, 6.45) is 1.64. The van der Waals surface area contributed by atoms with Crippen molar-refractivity contribution in [1.29, 1.82) is 0 Å². The number of ether oxygens (including phenoxy) is 2. The van der Waals surface area contributed by atoms with Gasteiger partial charge in [-0.3, -0.25) is 14.2 Å². The lowest BCUT2D eigenvalue weighted by molar-refractivity contribution is -0.139. The number of aromatic nitrogens is 3. The number of nitrogens with zero attached hydrogens (tertiary/aromatic N) is 3. The number of hydrogen-bond acceptors (Lipinski definition) is 10. The van der Waals surface area contributed by atoms with Gasteiger partial charge in [-0.1, -0.05) is 41.7 Å². The minimum absolute atomic E-state index is 0.171. The molecule has 0 aliphatic carbocycles. The maximum absolute atomic E-state index is 14.1. The molecule has 0 unspecified atom stereocenters. The van der Waals surface area contributed by atoms with Gasteiger partial charge in [0.25, 0.3) is 11.1 Å². The predicted octanol–water partition coefficient (Wildman–Crippen LogP) is 4.10. The zero-order valence-corrected chi connectivity index (χ0v) is 25.3. The normalized spacial score (nSPS) is 15.0. The predicted molar refractivity (Wildman–Crippen MR) is 163 cm³/mol. The Balaban J connectivity index is 1.51. The highest BCUT2D eigenvalue weighted by atomic mass is 32.2. The Morgan fingerprint density at radius 3 is 2.74 bits per heavy atom. The fourth-order valence-corrected chi connectivity index (χ4v) is 6.92. The lowest BCUT2D eigenvalue weighted by atomic mass is 9.90. The summed E-state index contributed by atoms with van der Waals surface area (Å²) in [4.78, 5) is 51.4. The van der Waals surface area contributed by atoms with Crippen LogP contribution in [0, 0.1) is 6.92 Å². The molecular formula is C31H26N4O6S2. The molecule has 4 heterocycles. The molecule has 0 saturated carbocycles. The molecule has 2 aromatic carbocycles. The molecule has 0 spiro atoms. The summed E-state index contributed by atoms with van der Waals surface area (Å²) in [6.45, 7) is 5.39. The van der Waals surface area contributed by atoms with E-state index in [-0.39, 0.29) is 23.3 Å². The summed E-state index contributed by atoms with van der Waals surface area (Å²) in [5, 5.41) is 2.67. The molecule has 1 aliphatic heterocycles. The number of methoxy groups -OCH3 is 1. The van der Waals surface area contributed by atoms with E-state index in [0.29, 0.717) is 48.0 Å². The molecule has 0 amide bonds. The van der Waals surface area contributed by atoms with Gasteiger partial charge in [-0.25, -0.2) is 14.8 Å². The molecule has 1 N–H and O–H groups in total. The molecule has 0 saturated heterocycles. The number of rotatable bonds is 7. The molecule has 43 heavy (non-hydrogen) atoms. The third-order valence-corrected chi connectivity index (χ3v) is 8.65. The average molecular weight is 615 g/mol. The van der Waals surface area contributed by atoms with Gasteiger partial charge in [0, 0.05) is 23.4 Å². The highest BCUT2D eigenvalue weighted by Crippen LogP contribution is 2.40. The molecule has 0 fully saturated rings. The van der Waals surface area contributed by atoms with Crippen LogP contribution in [0.5, 0.6) is 5.75 Å². The van der Waals surface area contributed by atoms with Crippen LogP contribution in [-0.2, 0) is 9.53 Å². The van der Waals surface area contributed by atoms with E-state index in [1.54, 1.807) is 46.1 Å². The number of aromatic amines is 1. The Bertz CT molecular complexity index is 2170. The third-order valence-electron chi connectivity index (χ3n) is 6.86. The Hall–Kier alpha value is -4.68. The second-order valence-corrected chi connectivity index (χ2v) is 11.7. The van der Waals surface area contributed by atoms with E-state index in [4.69, 9.17) is 13.9 Å². The van der Waals surface area contributed by atoms with E-state index in [9.17, 15) is 14.4 Å². The lowest BCUT2D eigenvalue weighted by Crippen LogP contribution is -2.40. The fraction of sp³-hybridized carbons (Fsp3) is 0.194. The first-order valence-electron chi connectivity index (χ1n) is 13.4. The Morgan fingerprint density at radius 1 is 1.16 bits per heavy atom. The summed E-state index contributed by atoms with van der Waals surface area (Å²) in [6, 6.07) is 15.6. The second-order valence-electron chi connectivity index (χ2n) is 9.66. The zero-order chi connectivity index (χ0) is 30.2. The van der Waals surface area contributed by atoms with Crippen molar-refractivity contribution >= 4 is 45.9 Å². The van der Waals surface area contributed by atoms with Crippen LogP contribution in [-0.4, -0.2) is 34.2 Å². The van der Waals surface area contributed by atoms with Crippen LogP contribution < -0.4 is 25.2 Å². The van der Waals surface area contributed by atoms with Crippen LogP contribution in [0.25, 0.3) is 16.8 Å². The van der Waals surface area contributed by atoms with Crippen molar-refractivity contribution in [3.05, 3.63) is 113 Å². The van der Waals surface area contributed by atoms with Crippen LogP contribution in [0.15, 0.2) is 95.1 Å². The highest BCUT2D eigenvalue weighted by molar-refractivity contribution is 7.99. The van der Waals surface area contributed by atoms with Gasteiger partial charge in [0.2, 0.25) is 0 Å². The zero-order valence-electron chi connectivity index (χ0n) is 23.7. The van der Waals surface area contributed by atoms with E-state index in [1.807, 2.05) is 36.4 Å². The van der Waals surface area contributed by atoms with Gasteiger partial charge in [0.05, 0.1) is 29.5 Å². The first kappa shape index (κ1) is 28.4. The number of benzene rings is 2. The molecule has 0 radical (unpaired) electrons. The number of H-pyrrole nitrogens is 1. The number of thiazole rings is 1. The summed E-state index contributed by atoms with van der Waals surface area (Å²) in [5.74, 6) is 0.419. The lowest BCUT2D eigenvalue weighted by Gasteiger charge is -2.27. The molecule has 0 bridgehead atoms. The summed E-state index contributed by atoms with van der Waals surface area (Å²) in [5.41, 5.74) is 1.40. The number of hydrogen-bond donors (Lipinski definition) is 1. The van der Waals surface area contributed by atoms with Gasteiger partial charge < -0.3 is 18.9 Å². The topological polar surface area (TPSA) is 129 Å². The standard InChI is InChI=1S/C31H26N4O6S2/c1-5-40-29(38)25-17(3)33-31-35(27(25)26-20-9-7-6-8-18(20)10-12-21(26)39-4)28(37)22(42-31)15-19-11-13-24(41-19)43-30-32-16(2)14-23(36)34-30/h6-15,27H,5H2,1-4H3,(H,32,34,36)/b22-15+/t27-/m0/s1. The molecule has 5 aromatic rings. The molecular weight excluding hydrogens is 588 g/mol. The molecule has 3 aromatic heterocycles. The summed E-state index contributed by atoms with van der Waals surface area (Å²) < 4.78 is 19.1. The monoisotopic (exact) mass is 614 g/mol. The molecule has 6 rings (SSSR count). The van der Waals surface area contributed by atoms with Crippen LogP contribution in [0.1, 0.15) is 36.9 Å². The second kappa shape index (κ2) is 11.5. The van der Waals surface area contributed by atoms with Crippen molar-refractivity contribution in [3.8, 4) is 5.75 Å². The van der Waals surface area contributed by atoms with Gasteiger partial charge in [-0.15, -0.1) is 0 Å². The fourth-order valence-electron chi connectivity index (χ4n) is 5.09. The highest BCUT2D eigenvalue weighted by Gasteiger charge is 2.36. The van der Waals surface area contributed by atoms with Crippen molar-refractivity contribution in [2.75, 3.05) is 13.7 Å². The number of nitrogens with one attached hydrogen (secondary N) is 1. The largest absolute Gasteiger partial charge is 0.496 e. The third kappa shape index (κ3) is 5.35. The van der Waals surface area contributed by atoms with E-state index in [0.717, 1.165) is 10.8 Å². The first-order valence-corrected chi connectivity index (χ1v) is 15.0. The smallest absolute Gasteiger partial charge is 0.338 e. The maximum atomic E-state index is 14.1. The minimum atomic E-state index is -0.842. The first-order chi connectivity index (χ1) is 20.8. The summed E-state index contributed by atoms with van der Waals surface area (Å²) in [7, 11) is 1.56. The van der Waals surface area contributed by atoms with Crippen LogP contribution >= 0.6 is 23.1 Å². The van der Waals surface area contributed by atoms with Gasteiger partial charge in [-0.2, -0.15) is 0 Å². The summed E-state index contributed by atoms with van der Waals surface area (Å²) >= 11 is 2.36. The Morgan fingerprint density at radius 2 is 1.98 bits per heavy atom. The van der Waals surface area contributed by atoms with Crippen molar-refractivity contribution < 1.29 is 18.7 Å². The maximum Gasteiger partial charge on any atom is 0.338 e.